The third-order valence-electron chi connectivity index (χ3n) is 2.39. The lowest BCUT2D eigenvalue weighted by molar-refractivity contribution is -0.117. The highest BCUT2D eigenvalue weighted by atomic mass is 16.6. The maximum Gasteiger partial charge on any atom is 0.243 e. The Hall–Kier alpha value is -1.97. The minimum absolute atomic E-state index is 0.116. The van der Waals surface area contributed by atoms with Gasteiger partial charge in [-0.25, -0.2) is 0 Å². The molecular formula is C13H15NO3. The van der Waals surface area contributed by atoms with E-state index in [0.717, 1.165) is 11.5 Å². The number of rotatable bonds is 3. The number of hydrogen-bond acceptors (Lipinski definition) is 3. The Morgan fingerprint density at radius 1 is 1.47 bits per heavy atom. The number of benzene rings is 1. The van der Waals surface area contributed by atoms with Gasteiger partial charge in [0.1, 0.15) is 12.7 Å². The zero-order valence-corrected chi connectivity index (χ0v) is 9.68. The van der Waals surface area contributed by atoms with Gasteiger partial charge in [-0.2, -0.15) is 0 Å². The SMILES string of the molecule is C/C=C/C(=O)NC[C@H]1COc2ccccc2O1. The Labute approximate surface area is 100 Å². The van der Waals surface area contributed by atoms with Gasteiger partial charge in [-0.15, -0.1) is 0 Å². The number of hydrogen-bond donors (Lipinski definition) is 1. The molecule has 0 spiro atoms. The molecule has 1 aliphatic rings. The van der Waals surface area contributed by atoms with Crippen molar-refractivity contribution in [1.29, 1.82) is 0 Å². The second-order valence-electron chi connectivity index (χ2n) is 3.74. The van der Waals surface area contributed by atoms with Crippen LogP contribution in [0.5, 0.6) is 11.5 Å². The summed E-state index contributed by atoms with van der Waals surface area (Å²) < 4.78 is 11.2. The third kappa shape index (κ3) is 3.00. The molecule has 0 saturated carbocycles. The van der Waals surface area contributed by atoms with Crippen LogP contribution >= 0.6 is 0 Å². The quantitative estimate of drug-likeness (QED) is 0.805. The van der Waals surface area contributed by atoms with E-state index in [4.69, 9.17) is 9.47 Å². The first-order valence-corrected chi connectivity index (χ1v) is 5.58. The molecule has 1 atom stereocenters. The molecular weight excluding hydrogens is 218 g/mol. The second kappa shape index (κ2) is 5.39. The first-order valence-electron chi connectivity index (χ1n) is 5.58. The molecule has 17 heavy (non-hydrogen) atoms. The highest BCUT2D eigenvalue weighted by molar-refractivity contribution is 5.87. The van der Waals surface area contributed by atoms with E-state index in [9.17, 15) is 4.79 Å². The van der Waals surface area contributed by atoms with Crippen LogP contribution in [0.4, 0.5) is 0 Å². The summed E-state index contributed by atoms with van der Waals surface area (Å²) in [6.45, 7) is 2.70. The number of carbonyl (C=O) groups excluding carboxylic acids is 1. The minimum atomic E-state index is -0.140. The van der Waals surface area contributed by atoms with Crippen LogP contribution in [0.15, 0.2) is 36.4 Å². The molecule has 1 heterocycles. The van der Waals surface area contributed by atoms with Gasteiger partial charge in [-0.05, 0) is 25.1 Å². The summed E-state index contributed by atoms with van der Waals surface area (Å²) >= 11 is 0. The lowest BCUT2D eigenvalue weighted by Gasteiger charge is -2.26. The van der Waals surface area contributed by atoms with Crippen molar-refractivity contribution in [3.63, 3.8) is 0 Å². The van der Waals surface area contributed by atoms with Crippen molar-refractivity contribution in [2.45, 2.75) is 13.0 Å². The van der Waals surface area contributed by atoms with Crippen LogP contribution in [-0.4, -0.2) is 25.2 Å². The van der Waals surface area contributed by atoms with E-state index in [1.165, 1.54) is 6.08 Å². The van der Waals surface area contributed by atoms with Crippen LogP contribution in [0.2, 0.25) is 0 Å². The maximum absolute atomic E-state index is 11.2. The van der Waals surface area contributed by atoms with E-state index in [-0.39, 0.29) is 12.0 Å². The summed E-state index contributed by atoms with van der Waals surface area (Å²) in [4.78, 5) is 11.2. The first-order chi connectivity index (χ1) is 8.29. The molecule has 0 saturated heterocycles. The summed E-state index contributed by atoms with van der Waals surface area (Å²) in [5.41, 5.74) is 0. The van der Waals surface area contributed by atoms with E-state index < -0.39 is 0 Å². The largest absolute Gasteiger partial charge is 0.486 e. The van der Waals surface area contributed by atoms with E-state index in [1.54, 1.807) is 13.0 Å². The van der Waals surface area contributed by atoms with Crippen molar-refractivity contribution >= 4 is 5.91 Å². The maximum atomic E-state index is 11.2. The lowest BCUT2D eigenvalue weighted by atomic mass is 10.2. The summed E-state index contributed by atoms with van der Waals surface area (Å²) in [6.07, 6.45) is 3.04. The smallest absolute Gasteiger partial charge is 0.243 e. The van der Waals surface area contributed by atoms with Crippen LogP contribution in [-0.2, 0) is 4.79 Å². The van der Waals surface area contributed by atoms with E-state index in [2.05, 4.69) is 5.32 Å². The van der Waals surface area contributed by atoms with Gasteiger partial charge in [0.15, 0.2) is 11.5 Å². The summed E-state index contributed by atoms with van der Waals surface area (Å²) in [7, 11) is 0. The topological polar surface area (TPSA) is 47.6 Å². The van der Waals surface area contributed by atoms with Gasteiger partial charge in [0.05, 0.1) is 6.54 Å². The van der Waals surface area contributed by atoms with Gasteiger partial charge in [0.2, 0.25) is 5.91 Å². The molecule has 1 aromatic carbocycles. The molecule has 2 rings (SSSR count). The molecule has 0 unspecified atom stereocenters. The summed E-state index contributed by atoms with van der Waals surface area (Å²) in [5, 5.41) is 2.75. The minimum Gasteiger partial charge on any atom is -0.486 e. The molecule has 1 N–H and O–H groups in total. The van der Waals surface area contributed by atoms with Crippen LogP contribution < -0.4 is 14.8 Å². The predicted molar refractivity (Wildman–Crippen MR) is 64.2 cm³/mol. The Morgan fingerprint density at radius 3 is 3.00 bits per heavy atom. The van der Waals surface area contributed by atoms with E-state index in [0.29, 0.717) is 13.2 Å². The normalized spacial score (nSPS) is 18.1. The fraction of sp³-hybridized carbons (Fsp3) is 0.308. The Bertz CT molecular complexity index is 428. The average Bonchev–Trinajstić information content (AvgIpc) is 2.36. The predicted octanol–water partition coefficient (Wildman–Crippen LogP) is 1.52. The van der Waals surface area contributed by atoms with Crippen molar-refractivity contribution in [1.82, 2.24) is 5.32 Å². The highest BCUT2D eigenvalue weighted by Crippen LogP contribution is 2.30. The number of nitrogens with one attached hydrogen (secondary N) is 1. The third-order valence-corrected chi connectivity index (χ3v) is 2.39. The molecule has 1 aromatic rings. The molecule has 90 valence electrons. The number of carbonyl (C=O) groups is 1. The van der Waals surface area contributed by atoms with Crippen molar-refractivity contribution in [3.05, 3.63) is 36.4 Å². The Balaban J connectivity index is 1.88. The first kappa shape index (κ1) is 11.5. The van der Waals surface area contributed by atoms with Crippen LogP contribution in [0.1, 0.15) is 6.92 Å². The van der Waals surface area contributed by atoms with Gasteiger partial charge in [0, 0.05) is 0 Å². The lowest BCUT2D eigenvalue weighted by Crippen LogP contribution is -2.40. The zero-order valence-electron chi connectivity index (χ0n) is 9.68. The number of fused-ring (bicyclic) bond motifs is 1. The van der Waals surface area contributed by atoms with Gasteiger partial charge < -0.3 is 14.8 Å². The number of para-hydroxylation sites is 2. The standard InChI is InChI=1S/C13H15NO3/c1-2-5-13(15)14-8-10-9-16-11-6-3-4-7-12(11)17-10/h2-7,10H,8-9H2,1H3,(H,14,15)/b5-2+/t10-/m0/s1. The average molecular weight is 233 g/mol. The van der Waals surface area contributed by atoms with Crippen molar-refractivity contribution < 1.29 is 14.3 Å². The van der Waals surface area contributed by atoms with Gasteiger partial charge in [0.25, 0.3) is 0 Å². The van der Waals surface area contributed by atoms with Crippen LogP contribution in [0, 0.1) is 0 Å². The molecule has 1 aliphatic heterocycles. The molecule has 0 fully saturated rings. The molecule has 0 aliphatic carbocycles. The summed E-state index contributed by atoms with van der Waals surface area (Å²) in [5.74, 6) is 1.36. The molecule has 4 nitrogen and oxygen atoms in total. The highest BCUT2D eigenvalue weighted by Gasteiger charge is 2.20. The molecule has 1 amide bonds. The molecule has 0 bridgehead atoms. The van der Waals surface area contributed by atoms with Gasteiger partial charge in [-0.3, -0.25) is 4.79 Å². The van der Waals surface area contributed by atoms with E-state index in [1.807, 2.05) is 24.3 Å². The molecule has 0 radical (unpaired) electrons. The fourth-order valence-electron chi connectivity index (χ4n) is 1.59. The van der Waals surface area contributed by atoms with E-state index >= 15 is 0 Å². The van der Waals surface area contributed by atoms with Gasteiger partial charge in [-0.1, -0.05) is 18.2 Å². The second-order valence-corrected chi connectivity index (χ2v) is 3.74. The molecule has 0 aromatic heterocycles. The number of allylic oxidation sites excluding steroid dienone is 1. The monoisotopic (exact) mass is 233 g/mol. The summed E-state index contributed by atoms with van der Waals surface area (Å²) in [6, 6.07) is 7.51. The van der Waals surface area contributed by atoms with Crippen molar-refractivity contribution in [2.24, 2.45) is 0 Å². The van der Waals surface area contributed by atoms with Crippen LogP contribution in [0.3, 0.4) is 0 Å². The Morgan fingerprint density at radius 2 is 2.24 bits per heavy atom. The van der Waals surface area contributed by atoms with Crippen molar-refractivity contribution in [2.75, 3.05) is 13.2 Å². The van der Waals surface area contributed by atoms with Gasteiger partial charge >= 0.3 is 0 Å². The number of amides is 1. The number of ether oxygens (including phenoxy) is 2. The van der Waals surface area contributed by atoms with Crippen LogP contribution in [0.25, 0.3) is 0 Å². The Kier molecular flexibility index (Phi) is 3.65. The fourth-order valence-corrected chi connectivity index (χ4v) is 1.59. The molecule has 4 heteroatoms. The zero-order chi connectivity index (χ0) is 12.1. The van der Waals surface area contributed by atoms with Crippen molar-refractivity contribution in [3.8, 4) is 11.5 Å².